The molecule has 0 spiro atoms. The minimum absolute atomic E-state index is 0.0363. The summed E-state index contributed by atoms with van der Waals surface area (Å²) in [6.45, 7) is 0.0363. The number of H-pyrrole nitrogens is 1. The van der Waals surface area contributed by atoms with Gasteiger partial charge in [0.05, 0.1) is 24.8 Å². The summed E-state index contributed by atoms with van der Waals surface area (Å²) >= 11 is 0. The maximum absolute atomic E-state index is 12.2. The van der Waals surface area contributed by atoms with E-state index < -0.39 is 0 Å². The van der Waals surface area contributed by atoms with Gasteiger partial charge in [0, 0.05) is 6.20 Å². The molecule has 2 N–H and O–H groups in total. The Morgan fingerprint density at radius 3 is 2.92 bits per heavy atom. The molecule has 0 aliphatic rings. The number of benzene rings is 1. The molecule has 3 aromatic rings. The first-order valence-electron chi connectivity index (χ1n) is 7.11. The summed E-state index contributed by atoms with van der Waals surface area (Å²) in [6.07, 6.45) is 1.51. The summed E-state index contributed by atoms with van der Waals surface area (Å²) in [5.74, 6) is 0.497. The van der Waals surface area contributed by atoms with Crippen LogP contribution in [0.4, 0.5) is 0 Å². The van der Waals surface area contributed by atoms with Crippen LogP contribution >= 0.6 is 0 Å². The highest BCUT2D eigenvalue weighted by Crippen LogP contribution is 2.17. The third-order valence-corrected chi connectivity index (χ3v) is 3.28. The van der Waals surface area contributed by atoms with Crippen LogP contribution in [0.3, 0.4) is 0 Å². The molecule has 1 amide bonds. The number of pyridine rings is 1. The molecule has 2 aromatic heterocycles. The third-order valence-electron chi connectivity index (χ3n) is 3.28. The average molecular weight is 326 g/mol. The van der Waals surface area contributed by atoms with Crippen molar-refractivity contribution in [2.75, 3.05) is 7.11 Å². The van der Waals surface area contributed by atoms with E-state index in [4.69, 9.17) is 9.26 Å². The van der Waals surface area contributed by atoms with Gasteiger partial charge in [0.2, 0.25) is 11.7 Å². The van der Waals surface area contributed by atoms with Crippen LogP contribution < -0.4 is 15.6 Å². The lowest BCUT2D eigenvalue weighted by Gasteiger charge is -2.07. The normalized spacial score (nSPS) is 10.4. The topological polar surface area (TPSA) is 110 Å². The number of nitrogens with zero attached hydrogens (tertiary/aromatic N) is 2. The Hall–Kier alpha value is -3.42. The Bertz CT molecular complexity index is 916. The number of aromatic amines is 1. The number of nitrogens with one attached hydrogen (secondary N) is 2. The standard InChI is InChI=1S/C16H14N4O4/c1-23-12-7-3-2-5-10(12)15(21)18-9-13-19-14(20-24-13)11-6-4-8-17-16(11)22/h2-8H,9H2,1H3,(H,17,22)(H,18,21). The van der Waals surface area contributed by atoms with Crippen molar-refractivity contribution in [1.29, 1.82) is 0 Å². The van der Waals surface area contributed by atoms with Crippen molar-refractivity contribution >= 4 is 5.91 Å². The summed E-state index contributed by atoms with van der Waals surface area (Å²) in [6, 6.07) is 10.1. The van der Waals surface area contributed by atoms with E-state index in [2.05, 4.69) is 20.4 Å². The van der Waals surface area contributed by atoms with Crippen LogP contribution in [0, 0.1) is 0 Å². The number of carbonyl (C=O) groups is 1. The molecular formula is C16H14N4O4. The van der Waals surface area contributed by atoms with Gasteiger partial charge < -0.3 is 19.6 Å². The number of ether oxygens (including phenoxy) is 1. The summed E-state index contributed by atoms with van der Waals surface area (Å²) in [4.78, 5) is 30.5. The molecule has 0 unspecified atom stereocenters. The van der Waals surface area contributed by atoms with Crippen molar-refractivity contribution in [3.05, 3.63) is 64.4 Å². The maximum atomic E-state index is 12.2. The molecule has 122 valence electrons. The van der Waals surface area contributed by atoms with E-state index in [-0.39, 0.29) is 29.7 Å². The highest BCUT2D eigenvalue weighted by molar-refractivity contribution is 5.96. The van der Waals surface area contributed by atoms with Crippen molar-refractivity contribution in [3.63, 3.8) is 0 Å². The number of hydrogen-bond acceptors (Lipinski definition) is 6. The molecule has 8 nitrogen and oxygen atoms in total. The first-order valence-corrected chi connectivity index (χ1v) is 7.11. The van der Waals surface area contributed by atoms with Crippen LogP contribution in [0.15, 0.2) is 51.9 Å². The Labute approximate surface area is 136 Å². The average Bonchev–Trinajstić information content (AvgIpc) is 3.08. The Morgan fingerprint density at radius 2 is 2.12 bits per heavy atom. The molecule has 0 bridgehead atoms. The monoisotopic (exact) mass is 326 g/mol. The van der Waals surface area contributed by atoms with Crippen LogP contribution in [0.1, 0.15) is 16.2 Å². The van der Waals surface area contributed by atoms with Gasteiger partial charge in [0.1, 0.15) is 5.75 Å². The molecule has 0 radical (unpaired) electrons. The molecule has 0 atom stereocenters. The summed E-state index contributed by atoms with van der Waals surface area (Å²) in [5, 5.41) is 6.42. The van der Waals surface area contributed by atoms with Crippen LogP contribution in [0.25, 0.3) is 11.4 Å². The highest BCUT2D eigenvalue weighted by Gasteiger charge is 2.14. The number of para-hydroxylation sites is 1. The fourth-order valence-corrected chi connectivity index (χ4v) is 2.12. The zero-order valence-electron chi connectivity index (χ0n) is 12.8. The van der Waals surface area contributed by atoms with Crippen molar-refractivity contribution in [2.45, 2.75) is 6.54 Å². The molecule has 0 saturated carbocycles. The minimum Gasteiger partial charge on any atom is -0.496 e. The molecule has 0 aliphatic heterocycles. The first kappa shape index (κ1) is 15.5. The van der Waals surface area contributed by atoms with E-state index in [1.54, 1.807) is 36.4 Å². The van der Waals surface area contributed by atoms with E-state index >= 15 is 0 Å². The second-order valence-electron chi connectivity index (χ2n) is 4.81. The van der Waals surface area contributed by atoms with Gasteiger partial charge in [-0.15, -0.1) is 0 Å². The quantitative estimate of drug-likeness (QED) is 0.732. The van der Waals surface area contributed by atoms with E-state index in [0.717, 1.165) is 0 Å². The fraction of sp³-hybridized carbons (Fsp3) is 0.125. The molecule has 24 heavy (non-hydrogen) atoms. The zero-order valence-corrected chi connectivity index (χ0v) is 12.8. The number of aromatic nitrogens is 3. The molecule has 0 saturated heterocycles. The molecule has 1 aromatic carbocycles. The third kappa shape index (κ3) is 3.17. The van der Waals surface area contributed by atoms with Gasteiger partial charge in [0.15, 0.2) is 0 Å². The Kier molecular flexibility index (Phi) is 4.37. The molecule has 8 heteroatoms. The van der Waals surface area contributed by atoms with Gasteiger partial charge in [0.25, 0.3) is 11.5 Å². The van der Waals surface area contributed by atoms with Crippen molar-refractivity contribution in [3.8, 4) is 17.1 Å². The second-order valence-corrected chi connectivity index (χ2v) is 4.81. The number of rotatable bonds is 5. The van der Waals surface area contributed by atoms with E-state index in [0.29, 0.717) is 16.9 Å². The van der Waals surface area contributed by atoms with E-state index in [1.807, 2.05) is 0 Å². The molecule has 0 fully saturated rings. The predicted octanol–water partition coefficient (Wildman–Crippen LogP) is 1.36. The highest BCUT2D eigenvalue weighted by atomic mass is 16.5. The SMILES string of the molecule is COc1ccccc1C(=O)NCc1nc(-c2ccc[nH]c2=O)no1. The van der Waals surface area contributed by atoms with Gasteiger partial charge >= 0.3 is 0 Å². The van der Waals surface area contributed by atoms with Gasteiger partial charge in [-0.2, -0.15) is 4.98 Å². The Balaban J connectivity index is 1.71. The lowest BCUT2D eigenvalue weighted by molar-refractivity contribution is 0.0943. The van der Waals surface area contributed by atoms with E-state index in [1.165, 1.54) is 13.3 Å². The van der Waals surface area contributed by atoms with Gasteiger partial charge in [-0.3, -0.25) is 9.59 Å². The van der Waals surface area contributed by atoms with Crippen LogP contribution in [-0.4, -0.2) is 28.1 Å². The Morgan fingerprint density at radius 1 is 1.29 bits per heavy atom. The van der Waals surface area contributed by atoms with Crippen molar-refractivity contribution in [1.82, 2.24) is 20.4 Å². The lowest BCUT2D eigenvalue weighted by Crippen LogP contribution is -2.23. The molecule has 2 heterocycles. The summed E-state index contributed by atoms with van der Waals surface area (Å²) in [5.41, 5.74) is 0.380. The minimum atomic E-state index is -0.329. The zero-order chi connectivity index (χ0) is 16.9. The van der Waals surface area contributed by atoms with Gasteiger partial charge in [-0.25, -0.2) is 0 Å². The fourth-order valence-electron chi connectivity index (χ4n) is 2.12. The largest absolute Gasteiger partial charge is 0.496 e. The van der Waals surface area contributed by atoms with E-state index in [9.17, 15) is 9.59 Å². The van der Waals surface area contributed by atoms with Crippen molar-refractivity contribution in [2.24, 2.45) is 0 Å². The second kappa shape index (κ2) is 6.78. The smallest absolute Gasteiger partial charge is 0.259 e. The lowest BCUT2D eigenvalue weighted by atomic mass is 10.2. The predicted molar refractivity (Wildman–Crippen MR) is 84.5 cm³/mol. The van der Waals surface area contributed by atoms with Crippen LogP contribution in [0.5, 0.6) is 5.75 Å². The maximum Gasteiger partial charge on any atom is 0.259 e. The van der Waals surface area contributed by atoms with Crippen molar-refractivity contribution < 1.29 is 14.1 Å². The van der Waals surface area contributed by atoms with Crippen LogP contribution in [0.2, 0.25) is 0 Å². The number of methoxy groups -OCH3 is 1. The van der Waals surface area contributed by atoms with Gasteiger partial charge in [-0.1, -0.05) is 17.3 Å². The molecule has 3 rings (SSSR count). The molecule has 0 aliphatic carbocycles. The summed E-state index contributed by atoms with van der Waals surface area (Å²) in [7, 11) is 1.49. The first-order chi connectivity index (χ1) is 11.7. The number of amides is 1. The number of hydrogen-bond donors (Lipinski definition) is 2. The summed E-state index contributed by atoms with van der Waals surface area (Å²) < 4.78 is 10.2. The van der Waals surface area contributed by atoms with Gasteiger partial charge in [-0.05, 0) is 24.3 Å². The number of carbonyl (C=O) groups excluding carboxylic acids is 1. The molecular weight excluding hydrogens is 312 g/mol. The van der Waals surface area contributed by atoms with Crippen LogP contribution in [-0.2, 0) is 6.54 Å².